The number of sulfonamides is 1. The van der Waals surface area contributed by atoms with E-state index in [1.165, 1.54) is 4.90 Å². The first-order valence-corrected chi connectivity index (χ1v) is 13.8. The Labute approximate surface area is 216 Å². The van der Waals surface area contributed by atoms with Gasteiger partial charge in [0, 0.05) is 37.1 Å². The number of amides is 2. The minimum Gasteiger partial charge on any atom is -0.354 e. The molecule has 7 nitrogen and oxygen atoms in total. The Hall–Kier alpha value is -2.72. The van der Waals surface area contributed by atoms with Crippen LogP contribution >= 0.6 is 11.6 Å². The van der Waals surface area contributed by atoms with Crippen LogP contribution in [0.2, 0.25) is 5.02 Å². The molecule has 1 atom stereocenters. The molecule has 198 valence electrons. The number of nitrogens with zero attached hydrogens (tertiary/aromatic N) is 2. The number of carbonyl (C=O) groups excluding carboxylic acids is 2. The topological polar surface area (TPSA) is 86.8 Å². The second-order valence-electron chi connectivity index (χ2n) is 9.00. The molecule has 0 saturated heterocycles. The summed E-state index contributed by atoms with van der Waals surface area (Å²) in [5.74, 6) is -2.70. The molecule has 2 aromatic carbocycles. The van der Waals surface area contributed by atoms with Gasteiger partial charge in [0.25, 0.3) is 0 Å². The van der Waals surface area contributed by atoms with Crippen LogP contribution in [0.1, 0.15) is 39.2 Å². The monoisotopic (exact) mass is 543 g/mol. The summed E-state index contributed by atoms with van der Waals surface area (Å²) in [4.78, 5) is 27.4. The lowest BCUT2D eigenvalue weighted by Gasteiger charge is -2.29. The zero-order chi connectivity index (χ0) is 27.0. The summed E-state index contributed by atoms with van der Waals surface area (Å²) in [6, 6.07) is 8.96. The van der Waals surface area contributed by atoms with E-state index in [0.29, 0.717) is 11.6 Å². The van der Waals surface area contributed by atoms with Crippen LogP contribution in [0.25, 0.3) is 0 Å². The maximum atomic E-state index is 13.7. The highest BCUT2D eigenvalue weighted by atomic mass is 35.5. The maximum Gasteiger partial charge on any atom is 0.242 e. The highest BCUT2D eigenvalue weighted by Gasteiger charge is 2.27. The molecule has 2 amide bonds. The van der Waals surface area contributed by atoms with Crippen molar-refractivity contribution < 1.29 is 26.8 Å². The Kier molecular flexibility index (Phi) is 10.7. The summed E-state index contributed by atoms with van der Waals surface area (Å²) in [6.45, 7) is 6.01. The van der Waals surface area contributed by atoms with Crippen LogP contribution in [0.3, 0.4) is 0 Å². The molecular formula is C25H32ClF2N3O4S. The molecule has 2 rings (SSSR count). The molecule has 0 bridgehead atoms. The zero-order valence-corrected chi connectivity index (χ0v) is 22.4. The average Bonchev–Trinajstić information content (AvgIpc) is 2.79. The normalized spacial score (nSPS) is 12.3. The molecule has 0 spiro atoms. The fourth-order valence-corrected chi connectivity index (χ4v) is 4.68. The van der Waals surface area contributed by atoms with Gasteiger partial charge in [-0.25, -0.2) is 17.2 Å². The standard InChI is InChI=1S/C25H32ClF2N3O4S/c1-17(2)15-29-25(33)18(3)30(16-19-7-5-8-20(26)13-19)24(32)9-6-12-31(36(4,34)35)21-10-11-22(27)23(28)14-21/h5,7-8,10-11,13-14,17-18H,6,9,12,15-16H2,1-4H3,(H,29,33)/t18-/m1/s1. The molecule has 0 aliphatic heterocycles. The molecule has 0 heterocycles. The molecule has 0 aromatic heterocycles. The molecule has 0 saturated carbocycles. The minimum absolute atomic E-state index is 0.0407. The van der Waals surface area contributed by atoms with Gasteiger partial charge < -0.3 is 10.2 Å². The van der Waals surface area contributed by atoms with Gasteiger partial charge in [-0.2, -0.15) is 0 Å². The third kappa shape index (κ3) is 8.74. The predicted molar refractivity (Wildman–Crippen MR) is 137 cm³/mol. The van der Waals surface area contributed by atoms with E-state index in [2.05, 4.69) is 5.32 Å². The van der Waals surface area contributed by atoms with Gasteiger partial charge >= 0.3 is 0 Å². The van der Waals surface area contributed by atoms with Gasteiger partial charge in [-0.05, 0) is 49.1 Å². The van der Waals surface area contributed by atoms with E-state index in [-0.39, 0.29) is 49.4 Å². The zero-order valence-electron chi connectivity index (χ0n) is 20.8. The molecule has 2 aromatic rings. The lowest BCUT2D eigenvalue weighted by Crippen LogP contribution is -2.48. The van der Waals surface area contributed by atoms with Crippen LogP contribution in [0.5, 0.6) is 0 Å². The van der Waals surface area contributed by atoms with Crippen molar-refractivity contribution in [2.24, 2.45) is 5.92 Å². The summed E-state index contributed by atoms with van der Waals surface area (Å²) in [5.41, 5.74) is 0.694. The highest BCUT2D eigenvalue weighted by molar-refractivity contribution is 7.92. The summed E-state index contributed by atoms with van der Waals surface area (Å²) >= 11 is 6.08. The Morgan fingerprint density at radius 1 is 1.06 bits per heavy atom. The van der Waals surface area contributed by atoms with Crippen molar-refractivity contribution in [2.45, 2.75) is 46.2 Å². The van der Waals surface area contributed by atoms with E-state index in [1.54, 1.807) is 31.2 Å². The van der Waals surface area contributed by atoms with Crippen molar-refractivity contribution >= 4 is 39.1 Å². The van der Waals surface area contributed by atoms with Crippen molar-refractivity contribution in [3.05, 3.63) is 64.7 Å². The first-order valence-electron chi connectivity index (χ1n) is 11.5. The van der Waals surface area contributed by atoms with Crippen molar-refractivity contribution in [1.29, 1.82) is 0 Å². The summed E-state index contributed by atoms with van der Waals surface area (Å²) in [5, 5.41) is 3.32. The quantitative estimate of drug-likeness (QED) is 0.431. The van der Waals surface area contributed by atoms with E-state index in [9.17, 15) is 26.8 Å². The number of hydrogen-bond donors (Lipinski definition) is 1. The van der Waals surface area contributed by atoms with Crippen LogP contribution in [0, 0.1) is 17.6 Å². The molecule has 0 aliphatic rings. The fraction of sp³-hybridized carbons (Fsp3) is 0.440. The molecular weight excluding hydrogens is 512 g/mol. The van der Waals surface area contributed by atoms with Crippen molar-refractivity contribution in [3.63, 3.8) is 0 Å². The van der Waals surface area contributed by atoms with Crippen LogP contribution in [0.15, 0.2) is 42.5 Å². The lowest BCUT2D eigenvalue weighted by molar-refractivity contribution is -0.140. The summed E-state index contributed by atoms with van der Waals surface area (Å²) in [6.07, 6.45) is 0.970. The fourth-order valence-electron chi connectivity index (χ4n) is 3.51. The molecule has 11 heteroatoms. The number of benzene rings is 2. The molecule has 36 heavy (non-hydrogen) atoms. The SMILES string of the molecule is CC(C)CNC(=O)[C@@H](C)N(Cc1cccc(Cl)c1)C(=O)CCCN(c1ccc(F)c(F)c1)S(C)(=O)=O. The van der Waals surface area contributed by atoms with Crippen LogP contribution in [0.4, 0.5) is 14.5 Å². The second kappa shape index (κ2) is 13.0. The molecule has 0 unspecified atom stereocenters. The smallest absolute Gasteiger partial charge is 0.242 e. The minimum atomic E-state index is -3.82. The summed E-state index contributed by atoms with van der Waals surface area (Å²) < 4.78 is 52.5. The Balaban J connectivity index is 2.18. The predicted octanol–water partition coefficient (Wildman–Crippen LogP) is 4.35. The molecule has 0 aliphatic carbocycles. The lowest BCUT2D eigenvalue weighted by atomic mass is 10.1. The number of nitrogens with one attached hydrogen (secondary N) is 1. The first-order chi connectivity index (χ1) is 16.8. The van der Waals surface area contributed by atoms with Gasteiger partial charge in [0.2, 0.25) is 21.8 Å². The molecule has 0 fully saturated rings. The van der Waals surface area contributed by atoms with Gasteiger partial charge in [-0.3, -0.25) is 13.9 Å². The van der Waals surface area contributed by atoms with E-state index in [0.717, 1.165) is 34.3 Å². The van der Waals surface area contributed by atoms with Gasteiger partial charge in [-0.1, -0.05) is 37.6 Å². The number of carbonyl (C=O) groups is 2. The van der Waals surface area contributed by atoms with Crippen molar-refractivity contribution in [3.8, 4) is 0 Å². The third-order valence-corrected chi connectivity index (χ3v) is 6.87. The Bertz CT molecular complexity index is 1180. The van der Waals surface area contributed by atoms with Crippen LogP contribution in [-0.2, 0) is 26.2 Å². The number of halogens is 3. The third-order valence-electron chi connectivity index (χ3n) is 5.44. The average molecular weight is 544 g/mol. The van der Waals surface area contributed by atoms with E-state index >= 15 is 0 Å². The maximum absolute atomic E-state index is 13.7. The van der Waals surface area contributed by atoms with Gasteiger partial charge in [0.1, 0.15) is 6.04 Å². The Morgan fingerprint density at radius 2 is 1.75 bits per heavy atom. The van der Waals surface area contributed by atoms with Crippen molar-refractivity contribution in [1.82, 2.24) is 10.2 Å². The van der Waals surface area contributed by atoms with Crippen LogP contribution in [-0.4, -0.2) is 50.5 Å². The van der Waals surface area contributed by atoms with E-state index in [4.69, 9.17) is 11.6 Å². The van der Waals surface area contributed by atoms with Crippen LogP contribution < -0.4 is 9.62 Å². The highest BCUT2D eigenvalue weighted by Crippen LogP contribution is 2.22. The van der Waals surface area contributed by atoms with Gasteiger partial charge in [0.15, 0.2) is 11.6 Å². The summed E-state index contributed by atoms with van der Waals surface area (Å²) in [7, 11) is -3.82. The number of anilines is 1. The van der Waals surface area contributed by atoms with Crippen molar-refractivity contribution in [2.75, 3.05) is 23.7 Å². The Morgan fingerprint density at radius 3 is 2.33 bits per heavy atom. The van der Waals surface area contributed by atoms with E-state index in [1.807, 2.05) is 13.8 Å². The van der Waals surface area contributed by atoms with E-state index < -0.39 is 27.7 Å². The second-order valence-corrected chi connectivity index (χ2v) is 11.3. The first kappa shape index (κ1) is 29.5. The number of rotatable bonds is 12. The van der Waals surface area contributed by atoms with Gasteiger partial charge in [0.05, 0.1) is 11.9 Å². The molecule has 1 N–H and O–H groups in total. The molecule has 0 radical (unpaired) electrons. The van der Waals surface area contributed by atoms with Gasteiger partial charge in [-0.15, -0.1) is 0 Å². The number of hydrogen-bond acceptors (Lipinski definition) is 4. The largest absolute Gasteiger partial charge is 0.354 e.